The molecule has 0 bridgehead atoms. The number of carbonyl (C=O) groups excluding carboxylic acids is 1. The van der Waals surface area contributed by atoms with Gasteiger partial charge in [-0.3, -0.25) is 4.79 Å². The first-order valence-electron chi connectivity index (χ1n) is 8.06. The van der Waals surface area contributed by atoms with Gasteiger partial charge < -0.3 is 15.2 Å². The van der Waals surface area contributed by atoms with E-state index in [1.807, 2.05) is 0 Å². The van der Waals surface area contributed by atoms with Gasteiger partial charge in [-0.2, -0.15) is 0 Å². The second-order valence-electron chi connectivity index (χ2n) is 5.72. The topological polar surface area (TPSA) is 88.0 Å². The number of thioether (sulfide) groups is 1. The van der Waals surface area contributed by atoms with Crippen molar-refractivity contribution >= 4 is 63.8 Å². The number of rotatable bonds is 5. The maximum atomic E-state index is 12.2. The van der Waals surface area contributed by atoms with Crippen LogP contribution in [-0.4, -0.2) is 28.3 Å². The molecule has 1 fully saturated rings. The molecule has 1 aliphatic rings. The average Bonchev–Trinajstić information content (AvgIpc) is 2.99. The first kappa shape index (κ1) is 20.3. The van der Waals surface area contributed by atoms with Crippen molar-refractivity contribution < 1.29 is 19.4 Å². The monoisotopic (exact) mass is 436 g/mol. The molecule has 3 rings (SSSR count). The summed E-state index contributed by atoms with van der Waals surface area (Å²) < 4.78 is 5.28. The van der Waals surface area contributed by atoms with E-state index in [-0.39, 0.29) is 5.91 Å². The van der Waals surface area contributed by atoms with E-state index in [2.05, 4.69) is 10.3 Å². The van der Waals surface area contributed by atoms with Crippen molar-refractivity contribution in [3.05, 3.63) is 63.0 Å². The zero-order valence-corrected chi connectivity index (χ0v) is 16.8. The van der Waals surface area contributed by atoms with Crippen molar-refractivity contribution in [1.82, 2.24) is 5.32 Å². The van der Waals surface area contributed by atoms with Crippen molar-refractivity contribution in [2.75, 3.05) is 0 Å². The summed E-state index contributed by atoms with van der Waals surface area (Å²) in [6.45, 7) is 1.45. The molecule has 0 aromatic heterocycles. The number of aliphatic imine (C=N–C) groups is 1. The minimum Gasteiger partial charge on any atom is -0.479 e. The van der Waals surface area contributed by atoms with E-state index in [1.54, 1.807) is 48.5 Å². The molecule has 1 saturated heterocycles. The Kier molecular flexibility index (Phi) is 6.28. The summed E-state index contributed by atoms with van der Waals surface area (Å²) >= 11 is 13.3. The molecule has 1 amide bonds. The second-order valence-corrected chi connectivity index (χ2v) is 7.54. The van der Waals surface area contributed by atoms with Crippen LogP contribution >= 0.6 is 35.0 Å². The van der Waals surface area contributed by atoms with E-state index in [4.69, 9.17) is 33.0 Å². The number of nitrogens with one attached hydrogen (secondary N) is 1. The van der Waals surface area contributed by atoms with Gasteiger partial charge in [0, 0.05) is 0 Å². The number of carboxylic acid groups (broad SMARTS) is 1. The van der Waals surface area contributed by atoms with Gasteiger partial charge >= 0.3 is 5.97 Å². The van der Waals surface area contributed by atoms with Crippen molar-refractivity contribution in [2.45, 2.75) is 13.0 Å². The molecule has 28 heavy (non-hydrogen) atoms. The molecule has 1 atom stereocenters. The number of nitrogens with zero attached hydrogens (tertiary/aromatic N) is 1. The summed E-state index contributed by atoms with van der Waals surface area (Å²) in [6.07, 6.45) is 0.754. The second kappa shape index (κ2) is 8.68. The Hall–Kier alpha value is -2.48. The van der Waals surface area contributed by atoms with Gasteiger partial charge in [-0.05, 0) is 54.6 Å². The van der Waals surface area contributed by atoms with Gasteiger partial charge in [0.1, 0.15) is 5.75 Å². The fourth-order valence-corrected chi connectivity index (χ4v) is 3.39. The molecule has 1 unspecified atom stereocenters. The van der Waals surface area contributed by atoms with Crippen molar-refractivity contribution in [2.24, 2.45) is 4.99 Å². The number of benzene rings is 2. The van der Waals surface area contributed by atoms with Crippen LogP contribution in [0.5, 0.6) is 5.75 Å². The number of carbonyl (C=O) groups is 2. The third-order valence-electron chi connectivity index (χ3n) is 3.64. The normalized spacial score (nSPS) is 17.6. The van der Waals surface area contributed by atoms with E-state index < -0.39 is 12.1 Å². The van der Waals surface area contributed by atoms with Crippen molar-refractivity contribution in [1.29, 1.82) is 0 Å². The Bertz CT molecular complexity index is 990. The molecule has 0 spiro atoms. The number of aliphatic carboxylic acids is 1. The molecule has 0 saturated carbocycles. The minimum atomic E-state index is -1.04. The first-order valence-corrected chi connectivity index (χ1v) is 9.64. The van der Waals surface area contributed by atoms with Gasteiger partial charge in [-0.25, -0.2) is 9.79 Å². The van der Waals surface area contributed by atoms with Gasteiger partial charge in [0.25, 0.3) is 5.91 Å². The van der Waals surface area contributed by atoms with Crippen LogP contribution in [0.25, 0.3) is 6.08 Å². The van der Waals surface area contributed by atoms with Crippen LogP contribution in [-0.2, 0) is 9.59 Å². The quantitative estimate of drug-likeness (QED) is 0.660. The summed E-state index contributed by atoms with van der Waals surface area (Å²) in [5.41, 5.74) is 1.22. The molecule has 0 radical (unpaired) electrons. The van der Waals surface area contributed by atoms with E-state index in [9.17, 15) is 9.59 Å². The summed E-state index contributed by atoms with van der Waals surface area (Å²) in [5.74, 6) is -0.892. The molecular formula is C19H14Cl2N2O4S. The lowest BCUT2D eigenvalue weighted by molar-refractivity contribution is -0.144. The highest BCUT2D eigenvalue weighted by atomic mass is 35.5. The van der Waals surface area contributed by atoms with Crippen LogP contribution < -0.4 is 10.1 Å². The van der Waals surface area contributed by atoms with Crippen LogP contribution in [0, 0.1) is 0 Å². The standard InChI is InChI=1S/C19H14Cl2N2O4S/c1-10(18(25)26)27-12-7-5-11(6-8-12)9-15-17(24)23-19(28-15)22-14-4-2-3-13(20)16(14)21/h2-10H,1H3,(H,25,26)(H,22,23,24)/b15-9+. The summed E-state index contributed by atoms with van der Waals surface area (Å²) in [4.78, 5) is 27.8. The number of carboxylic acids is 1. The van der Waals surface area contributed by atoms with Gasteiger partial charge in [-0.15, -0.1) is 0 Å². The lowest BCUT2D eigenvalue weighted by Gasteiger charge is -2.10. The SMILES string of the molecule is CC(Oc1ccc(/C=C2/SC(=Nc3cccc(Cl)c3Cl)NC2=O)cc1)C(=O)O. The molecule has 1 heterocycles. The van der Waals surface area contributed by atoms with Crippen molar-refractivity contribution in [3.63, 3.8) is 0 Å². The lowest BCUT2D eigenvalue weighted by atomic mass is 10.2. The van der Waals surface area contributed by atoms with E-state index in [1.165, 1.54) is 18.7 Å². The summed E-state index contributed by atoms with van der Waals surface area (Å²) in [6, 6.07) is 11.8. The molecule has 6 nitrogen and oxygen atoms in total. The number of hydrogen-bond acceptors (Lipinski definition) is 5. The summed E-state index contributed by atoms with van der Waals surface area (Å²) in [7, 11) is 0. The minimum absolute atomic E-state index is 0.276. The largest absolute Gasteiger partial charge is 0.479 e. The third-order valence-corrected chi connectivity index (χ3v) is 5.36. The fraction of sp³-hybridized carbons (Fsp3) is 0.105. The van der Waals surface area contributed by atoms with Crippen LogP contribution in [0.3, 0.4) is 0 Å². The number of amides is 1. The van der Waals surface area contributed by atoms with Crippen LogP contribution in [0.15, 0.2) is 52.4 Å². The zero-order chi connectivity index (χ0) is 20.3. The molecule has 2 aromatic rings. The highest BCUT2D eigenvalue weighted by molar-refractivity contribution is 8.18. The van der Waals surface area contributed by atoms with Gasteiger partial charge in [0.05, 0.1) is 20.6 Å². The van der Waals surface area contributed by atoms with E-state index in [0.29, 0.717) is 31.6 Å². The Balaban J connectivity index is 1.74. The predicted molar refractivity (Wildman–Crippen MR) is 111 cm³/mol. The fourth-order valence-electron chi connectivity index (χ4n) is 2.22. The van der Waals surface area contributed by atoms with Gasteiger partial charge in [0.2, 0.25) is 0 Å². The Labute approximate surface area is 175 Å². The molecule has 9 heteroatoms. The third kappa shape index (κ3) is 4.86. The highest BCUT2D eigenvalue weighted by Crippen LogP contribution is 2.34. The highest BCUT2D eigenvalue weighted by Gasteiger charge is 2.24. The molecule has 144 valence electrons. The molecule has 2 N–H and O–H groups in total. The average molecular weight is 437 g/mol. The van der Waals surface area contributed by atoms with E-state index >= 15 is 0 Å². The predicted octanol–water partition coefficient (Wildman–Crippen LogP) is 4.74. The number of amidine groups is 1. The number of halogens is 2. The number of hydrogen-bond donors (Lipinski definition) is 2. The van der Waals surface area contributed by atoms with Crippen molar-refractivity contribution in [3.8, 4) is 5.75 Å². The smallest absolute Gasteiger partial charge is 0.344 e. The van der Waals surface area contributed by atoms with Crippen LogP contribution in [0.2, 0.25) is 10.0 Å². The molecule has 0 aliphatic carbocycles. The maximum absolute atomic E-state index is 12.2. The van der Waals surface area contributed by atoms with Crippen LogP contribution in [0.4, 0.5) is 5.69 Å². The van der Waals surface area contributed by atoms with Crippen LogP contribution in [0.1, 0.15) is 12.5 Å². The van der Waals surface area contributed by atoms with Gasteiger partial charge in [-0.1, -0.05) is 41.4 Å². The summed E-state index contributed by atoms with van der Waals surface area (Å²) in [5, 5.41) is 12.7. The lowest BCUT2D eigenvalue weighted by Crippen LogP contribution is -2.22. The van der Waals surface area contributed by atoms with E-state index in [0.717, 1.165) is 5.56 Å². The molecule has 2 aromatic carbocycles. The molecular weight excluding hydrogens is 423 g/mol. The number of ether oxygens (including phenoxy) is 1. The Morgan fingerprint density at radius 1 is 1.25 bits per heavy atom. The Morgan fingerprint density at radius 3 is 2.64 bits per heavy atom. The molecule has 1 aliphatic heterocycles. The maximum Gasteiger partial charge on any atom is 0.344 e. The zero-order valence-electron chi connectivity index (χ0n) is 14.5. The van der Waals surface area contributed by atoms with Gasteiger partial charge in [0.15, 0.2) is 11.3 Å². The Morgan fingerprint density at radius 2 is 1.96 bits per heavy atom. The first-order chi connectivity index (χ1) is 13.3.